The predicted molar refractivity (Wildman–Crippen MR) is 81.6 cm³/mol. The van der Waals surface area contributed by atoms with Gasteiger partial charge in [-0.25, -0.2) is 4.79 Å². The molecule has 0 unspecified atom stereocenters. The van der Waals surface area contributed by atoms with Gasteiger partial charge in [-0.05, 0) is 24.0 Å². The molecule has 3 rings (SSSR count). The normalized spacial score (nSPS) is 16.3. The number of hydrogen-bond acceptors (Lipinski definition) is 3. The number of nitrogens with one attached hydrogen (secondary N) is 1. The Hall–Kier alpha value is -2.63. The number of aromatic nitrogens is 2. The van der Waals surface area contributed by atoms with Gasteiger partial charge in [0.2, 0.25) is 5.91 Å². The van der Waals surface area contributed by atoms with Gasteiger partial charge in [0.05, 0.1) is 6.04 Å². The minimum absolute atomic E-state index is 0.00747. The highest BCUT2D eigenvalue weighted by Gasteiger charge is 2.23. The highest BCUT2D eigenvalue weighted by Crippen LogP contribution is 2.30. The van der Waals surface area contributed by atoms with Gasteiger partial charge < -0.3 is 5.32 Å². The summed E-state index contributed by atoms with van der Waals surface area (Å²) < 4.78 is 2.22. The lowest BCUT2D eigenvalue weighted by Gasteiger charge is -2.15. The van der Waals surface area contributed by atoms with Gasteiger partial charge in [-0.2, -0.15) is 0 Å². The molecule has 1 heterocycles. The monoisotopic (exact) mass is 299 g/mol. The van der Waals surface area contributed by atoms with Crippen LogP contribution in [-0.4, -0.2) is 15.0 Å². The SMILES string of the molecule is Cn1c(=O)ccn(CC(=O)N[C@@H]2CCc3ccccc32)c1=O. The summed E-state index contributed by atoms with van der Waals surface area (Å²) in [6, 6.07) is 9.31. The van der Waals surface area contributed by atoms with Gasteiger partial charge in [0.15, 0.2) is 0 Å². The molecule has 1 atom stereocenters. The first-order chi connectivity index (χ1) is 10.6. The van der Waals surface area contributed by atoms with Gasteiger partial charge in [-0.15, -0.1) is 0 Å². The van der Waals surface area contributed by atoms with Crippen LogP contribution in [0.4, 0.5) is 0 Å². The molecule has 1 aliphatic carbocycles. The van der Waals surface area contributed by atoms with Crippen LogP contribution in [0.3, 0.4) is 0 Å². The third kappa shape index (κ3) is 2.59. The molecule has 0 saturated carbocycles. The van der Waals surface area contributed by atoms with E-state index in [-0.39, 0.29) is 24.1 Å². The maximum atomic E-state index is 12.2. The average Bonchev–Trinajstić information content (AvgIpc) is 2.91. The van der Waals surface area contributed by atoms with E-state index in [1.54, 1.807) is 0 Å². The largest absolute Gasteiger partial charge is 0.348 e. The molecule has 6 heteroatoms. The number of carbonyl (C=O) groups is 1. The number of carbonyl (C=O) groups excluding carboxylic acids is 1. The van der Waals surface area contributed by atoms with Crippen LogP contribution in [-0.2, 0) is 24.8 Å². The number of fused-ring (bicyclic) bond motifs is 1. The summed E-state index contributed by atoms with van der Waals surface area (Å²) in [7, 11) is 1.40. The van der Waals surface area contributed by atoms with E-state index >= 15 is 0 Å². The van der Waals surface area contributed by atoms with Crippen LogP contribution in [0.5, 0.6) is 0 Å². The van der Waals surface area contributed by atoms with Crippen molar-refractivity contribution in [3.63, 3.8) is 0 Å². The minimum Gasteiger partial charge on any atom is -0.348 e. The summed E-state index contributed by atoms with van der Waals surface area (Å²) >= 11 is 0. The molecule has 22 heavy (non-hydrogen) atoms. The van der Waals surface area contributed by atoms with E-state index in [1.165, 1.54) is 29.4 Å². The van der Waals surface area contributed by atoms with Crippen molar-refractivity contribution in [1.29, 1.82) is 0 Å². The molecule has 0 fully saturated rings. The Morgan fingerprint density at radius 2 is 2.05 bits per heavy atom. The lowest BCUT2D eigenvalue weighted by molar-refractivity contribution is -0.122. The molecule has 1 aromatic heterocycles. The summed E-state index contributed by atoms with van der Waals surface area (Å²) in [5.41, 5.74) is 1.52. The quantitative estimate of drug-likeness (QED) is 0.889. The number of rotatable bonds is 3. The highest BCUT2D eigenvalue weighted by molar-refractivity contribution is 5.76. The van der Waals surface area contributed by atoms with Crippen molar-refractivity contribution in [1.82, 2.24) is 14.5 Å². The topological polar surface area (TPSA) is 73.1 Å². The molecule has 1 aliphatic rings. The van der Waals surface area contributed by atoms with Crippen molar-refractivity contribution < 1.29 is 4.79 Å². The predicted octanol–water partition coefficient (Wildman–Crippen LogP) is 0.351. The van der Waals surface area contributed by atoms with Crippen LogP contribution in [0, 0.1) is 0 Å². The van der Waals surface area contributed by atoms with Gasteiger partial charge in [-0.1, -0.05) is 24.3 Å². The molecule has 0 saturated heterocycles. The summed E-state index contributed by atoms with van der Waals surface area (Å²) in [5, 5.41) is 2.96. The fraction of sp³-hybridized carbons (Fsp3) is 0.312. The standard InChI is InChI=1S/C16H17N3O3/c1-18-15(21)8-9-19(16(18)22)10-14(20)17-13-7-6-11-4-2-3-5-12(11)13/h2-5,8-9,13H,6-7,10H2,1H3,(H,17,20)/t13-/m1/s1. The zero-order chi connectivity index (χ0) is 15.7. The molecular formula is C16H17N3O3. The summed E-state index contributed by atoms with van der Waals surface area (Å²) in [6.45, 7) is -0.0916. The van der Waals surface area contributed by atoms with Crippen molar-refractivity contribution >= 4 is 5.91 Å². The van der Waals surface area contributed by atoms with E-state index in [0.717, 1.165) is 23.0 Å². The van der Waals surface area contributed by atoms with E-state index < -0.39 is 5.69 Å². The van der Waals surface area contributed by atoms with Gasteiger partial charge in [-0.3, -0.25) is 18.7 Å². The molecule has 1 N–H and O–H groups in total. The van der Waals surface area contributed by atoms with Gasteiger partial charge in [0.1, 0.15) is 6.54 Å². The van der Waals surface area contributed by atoms with E-state index in [1.807, 2.05) is 18.2 Å². The van der Waals surface area contributed by atoms with Gasteiger partial charge in [0.25, 0.3) is 5.56 Å². The Balaban J connectivity index is 1.73. The molecule has 0 aliphatic heterocycles. The number of amides is 1. The lowest BCUT2D eigenvalue weighted by Crippen LogP contribution is -2.40. The second-order valence-corrected chi connectivity index (χ2v) is 5.48. The average molecular weight is 299 g/mol. The van der Waals surface area contributed by atoms with Crippen LogP contribution in [0.2, 0.25) is 0 Å². The second-order valence-electron chi connectivity index (χ2n) is 5.48. The first-order valence-corrected chi connectivity index (χ1v) is 7.20. The lowest BCUT2D eigenvalue weighted by atomic mass is 10.1. The molecule has 2 aromatic rings. The Morgan fingerprint density at radius 1 is 1.27 bits per heavy atom. The fourth-order valence-electron chi connectivity index (χ4n) is 2.84. The molecule has 0 bridgehead atoms. The number of benzene rings is 1. The zero-order valence-corrected chi connectivity index (χ0v) is 12.3. The van der Waals surface area contributed by atoms with Crippen molar-refractivity contribution in [2.24, 2.45) is 7.05 Å². The number of aryl methyl sites for hydroxylation is 1. The van der Waals surface area contributed by atoms with Crippen molar-refractivity contribution in [3.05, 3.63) is 68.5 Å². The van der Waals surface area contributed by atoms with Crippen LogP contribution >= 0.6 is 0 Å². The van der Waals surface area contributed by atoms with Gasteiger partial charge >= 0.3 is 5.69 Å². The van der Waals surface area contributed by atoms with Gasteiger partial charge in [0, 0.05) is 19.3 Å². The fourth-order valence-corrected chi connectivity index (χ4v) is 2.84. The Kier molecular flexibility index (Phi) is 3.66. The Labute approximate surface area is 127 Å². The summed E-state index contributed by atoms with van der Waals surface area (Å²) in [5.74, 6) is -0.234. The number of nitrogens with zero attached hydrogens (tertiary/aromatic N) is 2. The summed E-state index contributed by atoms with van der Waals surface area (Å²) in [4.78, 5) is 35.4. The van der Waals surface area contributed by atoms with Crippen molar-refractivity contribution in [3.8, 4) is 0 Å². The molecule has 6 nitrogen and oxygen atoms in total. The van der Waals surface area contributed by atoms with E-state index in [9.17, 15) is 14.4 Å². The smallest absolute Gasteiger partial charge is 0.331 e. The van der Waals surface area contributed by atoms with E-state index in [0.29, 0.717) is 0 Å². The molecule has 0 spiro atoms. The zero-order valence-electron chi connectivity index (χ0n) is 12.3. The van der Waals surface area contributed by atoms with Crippen molar-refractivity contribution in [2.45, 2.75) is 25.4 Å². The Bertz CT molecular complexity index is 835. The maximum absolute atomic E-state index is 12.2. The van der Waals surface area contributed by atoms with Crippen LogP contribution in [0.15, 0.2) is 46.1 Å². The molecule has 114 valence electrons. The van der Waals surface area contributed by atoms with Crippen LogP contribution < -0.4 is 16.6 Å². The van der Waals surface area contributed by atoms with E-state index in [2.05, 4.69) is 11.4 Å². The van der Waals surface area contributed by atoms with Crippen LogP contribution in [0.1, 0.15) is 23.6 Å². The third-order valence-electron chi connectivity index (χ3n) is 4.04. The maximum Gasteiger partial charge on any atom is 0.331 e. The highest BCUT2D eigenvalue weighted by atomic mass is 16.2. The van der Waals surface area contributed by atoms with E-state index in [4.69, 9.17) is 0 Å². The molecule has 1 aromatic carbocycles. The molecular weight excluding hydrogens is 282 g/mol. The second kappa shape index (κ2) is 5.63. The first-order valence-electron chi connectivity index (χ1n) is 7.20. The Morgan fingerprint density at radius 3 is 2.86 bits per heavy atom. The minimum atomic E-state index is -0.491. The first kappa shape index (κ1) is 14.3. The summed E-state index contributed by atoms with van der Waals surface area (Å²) in [6.07, 6.45) is 3.17. The van der Waals surface area contributed by atoms with Crippen LogP contribution in [0.25, 0.3) is 0 Å². The third-order valence-corrected chi connectivity index (χ3v) is 4.04. The van der Waals surface area contributed by atoms with Crippen molar-refractivity contribution in [2.75, 3.05) is 0 Å². The molecule has 1 amide bonds. The molecule has 0 radical (unpaired) electrons. The number of hydrogen-bond donors (Lipinski definition) is 1.